The molecule has 0 spiro atoms. The number of hydrogen-bond acceptors (Lipinski definition) is 7. The molecular formula is C23H22FN3O4S2. The van der Waals surface area contributed by atoms with Crippen LogP contribution in [0.2, 0.25) is 0 Å². The van der Waals surface area contributed by atoms with Gasteiger partial charge in [-0.2, -0.15) is 0 Å². The Kier molecular flexibility index (Phi) is 6.94. The fourth-order valence-corrected chi connectivity index (χ4v) is 5.36. The lowest BCUT2D eigenvalue weighted by Crippen LogP contribution is -2.24. The van der Waals surface area contributed by atoms with Crippen molar-refractivity contribution in [3.63, 3.8) is 0 Å². The molecule has 33 heavy (non-hydrogen) atoms. The van der Waals surface area contributed by atoms with E-state index in [2.05, 4.69) is 10.3 Å². The van der Waals surface area contributed by atoms with E-state index in [0.29, 0.717) is 39.3 Å². The number of anilines is 1. The third-order valence-electron chi connectivity index (χ3n) is 4.98. The number of fused-ring (bicyclic) bond motifs is 1. The fourth-order valence-electron chi connectivity index (χ4n) is 3.43. The van der Waals surface area contributed by atoms with Gasteiger partial charge in [0.25, 0.3) is 5.56 Å². The second kappa shape index (κ2) is 9.88. The number of carbonyl (C=O) groups excluding carboxylic acids is 1. The second-order valence-corrected chi connectivity index (χ2v) is 9.71. The van der Waals surface area contributed by atoms with Crippen molar-refractivity contribution >= 4 is 35.1 Å². The topological polar surface area (TPSA) is 82.5 Å². The van der Waals surface area contributed by atoms with Crippen molar-refractivity contribution in [1.29, 1.82) is 0 Å². The molecule has 0 saturated heterocycles. The predicted octanol–water partition coefficient (Wildman–Crippen LogP) is 4.16. The van der Waals surface area contributed by atoms with Crippen LogP contribution in [-0.2, 0) is 11.2 Å². The first kappa shape index (κ1) is 23.2. The zero-order valence-corrected chi connectivity index (χ0v) is 19.9. The summed E-state index contributed by atoms with van der Waals surface area (Å²) < 4.78 is 25.4. The molecule has 1 N–H and O–H groups in total. The van der Waals surface area contributed by atoms with Gasteiger partial charge in [0, 0.05) is 17.7 Å². The minimum atomic E-state index is -0.397. The molecule has 0 saturated carbocycles. The molecule has 0 unspecified atom stereocenters. The van der Waals surface area contributed by atoms with Crippen LogP contribution in [-0.4, -0.2) is 40.7 Å². The number of rotatable bonds is 7. The van der Waals surface area contributed by atoms with Gasteiger partial charge in [-0.15, -0.1) is 11.8 Å². The Morgan fingerprint density at radius 3 is 2.70 bits per heavy atom. The Balaban J connectivity index is 1.60. The molecule has 7 nitrogen and oxygen atoms in total. The number of carbonyl (C=O) groups is 1. The number of halogens is 1. The molecule has 2 heterocycles. The van der Waals surface area contributed by atoms with Crippen LogP contribution in [0.3, 0.4) is 0 Å². The summed E-state index contributed by atoms with van der Waals surface area (Å²) in [6.07, 6.45) is 0.683. The standard InChI is InChI=1S/C23H22FN3O4S2/c1-13-10-18-21(33-13)22(29)27(15-6-4-14(24)5-7-15)23(26-18)32-12-20(28)25-17-9-8-16(30-2)11-19(17)31-3/h4-9,11,13H,10,12H2,1-3H3,(H,25,28)/t13-/m1/s1. The third-order valence-corrected chi connectivity index (χ3v) is 7.13. The number of hydrogen-bond donors (Lipinski definition) is 1. The van der Waals surface area contributed by atoms with Crippen LogP contribution in [0.1, 0.15) is 12.6 Å². The lowest BCUT2D eigenvalue weighted by Gasteiger charge is -2.14. The number of ether oxygens (including phenoxy) is 2. The SMILES string of the molecule is COc1ccc(NC(=O)CSc2nc3c(c(=O)n2-c2ccc(F)cc2)S[C@H](C)C3)c(OC)c1. The average Bonchev–Trinajstić information content (AvgIpc) is 3.19. The molecule has 1 aliphatic rings. The van der Waals surface area contributed by atoms with Crippen molar-refractivity contribution < 1.29 is 18.7 Å². The Morgan fingerprint density at radius 2 is 2.00 bits per heavy atom. The van der Waals surface area contributed by atoms with E-state index in [1.165, 1.54) is 47.7 Å². The van der Waals surface area contributed by atoms with E-state index in [9.17, 15) is 14.0 Å². The molecule has 4 rings (SSSR count). The maximum Gasteiger partial charge on any atom is 0.272 e. The summed E-state index contributed by atoms with van der Waals surface area (Å²) in [5.41, 5.74) is 1.53. The number of amides is 1. The van der Waals surface area contributed by atoms with Gasteiger partial charge in [-0.05, 0) is 36.4 Å². The van der Waals surface area contributed by atoms with Gasteiger partial charge in [0.2, 0.25) is 5.91 Å². The summed E-state index contributed by atoms with van der Waals surface area (Å²) in [6.45, 7) is 2.04. The number of aromatic nitrogens is 2. The van der Waals surface area contributed by atoms with Crippen LogP contribution in [0.15, 0.2) is 57.3 Å². The molecule has 0 fully saturated rings. The first-order valence-corrected chi connectivity index (χ1v) is 12.0. The van der Waals surface area contributed by atoms with E-state index in [1.54, 1.807) is 25.3 Å². The molecule has 3 aromatic rings. The van der Waals surface area contributed by atoms with Crippen molar-refractivity contribution in [2.45, 2.75) is 28.6 Å². The minimum Gasteiger partial charge on any atom is -0.497 e. The molecule has 0 bridgehead atoms. The van der Waals surface area contributed by atoms with Gasteiger partial charge in [0.05, 0.1) is 41.9 Å². The van der Waals surface area contributed by atoms with Crippen molar-refractivity contribution in [1.82, 2.24) is 9.55 Å². The van der Waals surface area contributed by atoms with Crippen molar-refractivity contribution in [3.8, 4) is 17.2 Å². The maximum absolute atomic E-state index is 13.5. The molecule has 172 valence electrons. The summed E-state index contributed by atoms with van der Waals surface area (Å²) >= 11 is 2.64. The number of thioether (sulfide) groups is 2. The summed E-state index contributed by atoms with van der Waals surface area (Å²) in [5, 5.41) is 3.44. The van der Waals surface area contributed by atoms with Crippen LogP contribution in [0.5, 0.6) is 11.5 Å². The van der Waals surface area contributed by atoms with Gasteiger partial charge in [0.15, 0.2) is 5.16 Å². The molecule has 0 aliphatic carbocycles. The highest BCUT2D eigenvalue weighted by Crippen LogP contribution is 2.35. The third kappa shape index (κ3) is 5.01. The molecule has 1 aromatic heterocycles. The van der Waals surface area contributed by atoms with E-state index in [0.717, 1.165) is 17.5 Å². The summed E-state index contributed by atoms with van der Waals surface area (Å²) in [4.78, 5) is 31.2. The van der Waals surface area contributed by atoms with Gasteiger partial charge < -0.3 is 14.8 Å². The van der Waals surface area contributed by atoms with Gasteiger partial charge in [-0.1, -0.05) is 18.7 Å². The molecular weight excluding hydrogens is 465 g/mol. The fraction of sp³-hybridized carbons (Fsp3) is 0.261. The quantitative estimate of drug-likeness (QED) is 0.396. The molecule has 2 aromatic carbocycles. The normalized spacial score (nSPS) is 14.6. The number of benzene rings is 2. The lowest BCUT2D eigenvalue weighted by atomic mass is 10.2. The summed E-state index contributed by atoms with van der Waals surface area (Å²) in [7, 11) is 3.06. The van der Waals surface area contributed by atoms with Gasteiger partial charge in [-0.3, -0.25) is 14.2 Å². The monoisotopic (exact) mass is 487 g/mol. The maximum atomic E-state index is 13.5. The first-order valence-electron chi connectivity index (χ1n) is 10.1. The van der Waals surface area contributed by atoms with E-state index >= 15 is 0 Å². The summed E-state index contributed by atoms with van der Waals surface area (Å²) in [6, 6.07) is 10.7. The van der Waals surface area contributed by atoms with Gasteiger partial charge in [-0.25, -0.2) is 9.37 Å². The van der Waals surface area contributed by atoms with E-state index in [4.69, 9.17) is 9.47 Å². The van der Waals surface area contributed by atoms with Gasteiger partial charge in [0.1, 0.15) is 17.3 Å². The van der Waals surface area contributed by atoms with Gasteiger partial charge >= 0.3 is 0 Å². The summed E-state index contributed by atoms with van der Waals surface area (Å²) in [5.74, 6) is 0.414. The Labute approximate surface area is 198 Å². The minimum absolute atomic E-state index is 0.0182. The van der Waals surface area contributed by atoms with E-state index < -0.39 is 5.82 Å². The number of nitrogens with zero attached hydrogens (tertiary/aromatic N) is 2. The number of methoxy groups -OCH3 is 2. The van der Waals surface area contributed by atoms with E-state index in [-0.39, 0.29) is 22.5 Å². The Morgan fingerprint density at radius 1 is 1.24 bits per heavy atom. The predicted molar refractivity (Wildman–Crippen MR) is 128 cm³/mol. The highest BCUT2D eigenvalue weighted by Gasteiger charge is 2.27. The Bertz CT molecular complexity index is 1250. The Hall–Kier alpha value is -2.98. The van der Waals surface area contributed by atoms with Crippen molar-refractivity contribution in [2.75, 3.05) is 25.3 Å². The van der Waals surface area contributed by atoms with Crippen molar-refractivity contribution in [2.24, 2.45) is 0 Å². The number of nitrogens with one attached hydrogen (secondary N) is 1. The molecule has 0 radical (unpaired) electrons. The smallest absolute Gasteiger partial charge is 0.272 e. The van der Waals surface area contributed by atoms with Crippen LogP contribution in [0.4, 0.5) is 10.1 Å². The highest BCUT2D eigenvalue weighted by molar-refractivity contribution is 8.00. The van der Waals surface area contributed by atoms with Crippen molar-refractivity contribution in [3.05, 3.63) is 64.3 Å². The van der Waals surface area contributed by atoms with E-state index in [1.807, 2.05) is 6.92 Å². The molecule has 10 heteroatoms. The molecule has 1 atom stereocenters. The first-order chi connectivity index (χ1) is 15.9. The van der Waals surface area contributed by atoms with Crippen LogP contribution in [0.25, 0.3) is 5.69 Å². The molecule has 1 aliphatic heterocycles. The van der Waals surface area contributed by atoms with Crippen LogP contribution in [0, 0.1) is 5.82 Å². The zero-order valence-electron chi connectivity index (χ0n) is 18.3. The lowest BCUT2D eigenvalue weighted by molar-refractivity contribution is -0.113. The highest BCUT2D eigenvalue weighted by atomic mass is 32.2. The molecule has 1 amide bonds. The largest absolute Gasteiger partial charge is 0.497 e. The van der Waals surface area contributed by atoms with Crippen LogP contribution < -0.4 is 20.3 Å². The zero-order chi connectivity index (χ0) is 23.5. The van der Waals surface area contributed by atoms with Crippen LogP contribution >= 0.6 is 23.5 Å². The average molecular weight is 488 g/mol. The second-order valence-electron chi connectivity index (χ2n) is 7.32.